The molecule has 3 N–H and O–H groups in total. The van der Waals surface area contributed by atoms with E-state index >= 15 is 0 Å². The van der Waals surface area contributed by atoms with Crippen molar-refractivity contribution in [1.82, 2.24) is 15.2 Å². The summed E-state index contributed by atoms with van der Waals surface area (Å²) < 4.78 is 0. The SMILES string of the molecule is Cc1cc(C)c(C(=O)N[C@H]2CN(C(CO)CO)C[C@@H]2C2CC2)cn1. The molecular weight excluding hydrogens is 306 g/mol. The summed E-state index contributed by atoms with van der Waals surface area (Å²) in [5.41, 5.74) is 2.46. The van der Waals surface area contributed by atoms with E-state index in [1.165, 1.54) is 12.8 Å². The van der Waals surface area contributed by atoms with Crippen molar-refractivity contribution in [2.75, 3.05) is 26.3 Å². The van der Waals surface area contributed by atoms with Crippen molar-refractivity contribution in [3.8, 4) is 0 Å². The molecule has 6 heteroatoms. The summed E-state index contributed by atoms with van der Waals surface area (Å²) in [6, 6.07) is 1.74. The molecule has 132 valence electrons. The van der Waals surface area contributed by atoms with Gasteiger partial charge in [0.25, 0.3) is 5.91 Å². The highest BCUT2D eigenvalue weighted by Gasteiger charge is 2.44. The van der Waals surface area contributed by atoms with Gasteiger partial charge in [-0.3, -0.25) is 14.7 Å². The van der Waals surface area contributed by atoms with E-state index < -0.39 is 0 Å². The van der Waals surface area contributed by atoms with Gasteiger partial charge in [-0.25, -0.2) is 0 Å². The topological polar surface area (TPSA) is 85.7 Å². The Bertz CT molecular complexity index is 599. The van der Waals surface area contributed by atoms with Crippen LogP contribution in [0.25, 0.3) is 0 Å². The van der Waals surface area contributed by atoms with Crippen molar-refractivity contribution in [2.45, 2.75) is 38.8 Å². The van der Waals surface area contributed by atoms with Gasteiger partial charge in [0.2, 0.25) is 0 Å². The van der Waals surface area contributed by atoms with Gasteiger partial charge in [0, 0.05) is 31.0 Å². The number of hydrogen-bond donors (Lipinski definition) is 3. The molecule has 1 saturated heterocycles. The molecule has 0 aromatic carbocycles. The second-order valence-electron chi connectivity index (χ2n) is 7.19. The summed E-state index contributed by atoms with van der Waals surface area (Å²) in [5.74, 6) is 0.964. The average molecular weight is 333 g/mol. The number of likely N-dealkylation sites (tertiary alicyclic amines) is 1. The minimum absolute atomic E-state index is 0.0600. The zero-order chi connectivity index (χ0) is 17.3. The lowest BCUT2D eigenvalue weighted by Crippen LogP contribution is -2.43. The van der Waals surface area contributed by atoms with Crippen molar-refractivity contribution in [3.05, 3.63) is 29.1 Å². The Kier molecular flexibility index (Phi) is 5.18. The van der Waals surface area contributed by atoms with E-state index in [2.05, 4.69) is 15.2 Å². The van der Waals surface area contributed by atoms with Gasteiger partial charge in [-0.15, -0.1) is 0 Å². The molecule has 1 aliphatic carbocycles. The lowest BCUT2D eigenvalue weighted by atomic mass is 9.97. The van der Waals surface area contributed by atoms with Crippen LogP contribution in [0.15, 0.2) is 12.3 Å². The Hall–Kier alpha value is -1.50. The summed E-state index contributed by atoms with van der Waals surface area (Å²) in [5, 5.41) is 22.1. The number of aliphatic hydroxyl groups excluding tert-OH is 2. The molecule has 6 nitrogen and oxygen atoms in total. The highest BCUT2D eigenvalue weighted by molar-refractivity contribution is 5.95. The molecule has 0 bridgehead atoms. The monoisotopic (exact) mass is 333 g/mol. The molecule has 0 unspecified atom stereocenters. The zero-order valence-corrected chi connectivity index (χ0v) is 14.4. The third kappa shape index (κ3) is 3.61. The number of carbonyl (C=O) groups excluding carboxylic acids is 1. The number of carbonyl (C=O) groups is 1. The van der Waals surface area contributed by atoms with E-state index in [9.17, 15) is 15.0 Å². The molecule has 0 spiro atoms. The zero-order valence-electron chi connectivity index (χ0n) is 14.4. The molecule has 2 heterocycles. The Morgan fingerprint density at radius 1 is 1.33 bits per heavy atom. The van der Waals surface area contributed by atoms with E-state index in [4.69, 9.17) is 0 Å². The third-order valence-corrected chi connectivity index (χ3v) is 5.37. The minimum Gasteiger partial charge on any atom is -0.395 e. The summed E-state index contributed by atoms with van der Waals surface area (Å²) in [6.45, 7) is 5.22. The Labute approximate surface area is 142 Å². The van der Waals surface area contributed by atoms with E-state index in [1.54, 1.807) is 6.20 Å². The molecule has 2 atom stereocenters. The molecule has 1 aliphatic heterocycles. The molecule has 0 radical (unpaired) electrons. The Morgan fingerprint density at radius 3 is 2.62 bits per heavy atom. The standard InChI is InChI=1S/C18H27N3O3/c1-11-5-12(2)19-6-15(11)18(24)20-17-8-21(14(9-22)10-23)7-16(17)13-3-4-13/h5-6,13-14,16-17,22-23H,3-4,7-10H2,1-2H3,(H,20,24)/t16-,17+/m1/s1. The van der Waals surface area contributed by atoms with Crippen molar-refractivity contribution >= 4 is 5.91 Å². The second kappa shape index (κ2) is 7.17. The molecule has 2 fully saturated rings. The molecule has 1 amide bonds. The van der Waals surface area contributed by atoms with Crippen LogP contribution in [0.5, 0.6) is 0 Å². The van der Waals surface area contributed by atoms with Gasteiger partial charge in [-0.2, -0.15) is 0 Å². The molecule has 24 heavy (non-hydrogen) atoms. The van der Waals surface area contributed by atoms with Gasteiger partial charge in [-0.05, 0) is 50.2 Å². The van der Waals surface area contributed by atoms with Gasteiger partial charge in [0.05, 0.1) is 24.8 Å². The summed E-state index contributed by atoms with van der Waals surface area (Å²) in [7, 11) is 0. The van der Waals surface area contributed by atoms with E-state index in [0.717, 1.165) is 17.8 Å². The van der Waals surface area contributed by atoms with Crippen LogP contribution >= 0.6 is 0 Å². The number of hydrogen-bond acceptors (Lipinski definition) is 5. The number of nitrogens with zero attached hydrogens (tertiary/aromatic N) is 2. The molecule has 2 aliphatic rings. The van der Waals surface area contributed by atoms with Crippen LogP contribution < -0.4 is 5.32 Å². The van der Waals surface area contributed by atoms with Gasteiger partial charge < -0.3 is 15.5 Å². The fourth-order valence-corrected chi connectivity index (χ4v) is 3.78. The number of pyridine rings is 1. The van der Waals surface area contributed by atoms with Gasteiger partial charge >= 0.3 is 0 Å². The van der Waals surface area contributed by atoms with E-state index in [-0.39, 0.29) is 31.2 Å². The number of amides is 1. The maximum atomic E-state index is 12.7. The van der Waals surface area contributed by atoms with E-state index in [0.29, 0.717) is 23.9 Å². The number of aryl methyl sites for hydroxylation is 2. The first-order valence-electron chi connectivity index (χ1n) is 8.73. The van der Waals surface area contributed by atoms with Gasteiger partial charge in [0.15, 0.2) is 0 Å². The fraction of sp³-hybridized carbons (Fsp3) is 0.667. The highest BCUT2D eigenvalue weighted by Crippen LogP contribution is 2.41. The van der Waals surface area contributed by atoms with Crippen molar-refractivity contribution in [1.29, 1.82) is 0 Å². The van der Waals surface area contributed by atoms with Crippen molar-refractivity contribution < 1.29 is 15.0 Å². The third-order valence-electron chi connectivity index (χ3n) is 5.37. The second-order valence-corrected chi connectivity index (χ2v) is 7.19. The predicted octanol–water partition coefficient (Wildman–Crippen LogP) is 0.492. The first kappa shape index (κ1) is 17.3. The van der Waals surface area contributed by atoms with Crippen LogP contribution in [-0.2, 0) is 0 Å². The van der Waals surface area contributed by atoms with Crippen molar-refractivity contribution in [2.24, 2.45) is 11.8 Å². The van der Waals surface area contributed by atoms with Crippen LogP contribution in [0.2, 0.25) is 0 Å². The highest BCUT2D eigenvalue weighted by atomic mass is 16.3. The lowest BCUT2D eigenvalue weighted by molar-refractivity contribution is 0.0853. The Balaban J connectivity index is 1.71. The smallest absolute Gasteiger partial charge is 0.253 e. The lowest BCUT2D eigenvalue weighted by Gasteiger charge is -2.24. The van der Waals surface area contributed by atoms with Crippen LogP contribution in [0, 0.1) is 25.7 Å². The number of aromatic nitrogens is 1. The van der Waals surface area contributed by atoms with Crippen LogP contribution in [-0.4, -0.2) is 64.4 Å². The maximum absolute atomic E-state index is 12.7. The van der Waals surface area contributed by atoms with Gasteiger partial charge in [0.1, 0.15) is 0 Å². The summed E-state index contributed by atoms with van der Waals surface area (Å²) in [4.78, 5) is 19.0. The summed E-state index contributed by atoms with van der Waals surface area (Å²) in [6.07, 6.45) is 4.06. The van der Waals surface area contributed by atoms with E-state index in [1.807, 2.05) is 19.9 Å². The number of nitrogens with one attached hydrogen (secondary N) is 1. The molecule has 1 aromatic heterocycles. The predicted molar refractivity (Wildman–Crippen MR) is 90.7 cm³/mol. The van der Waals surface area contributed by atoms with Gasteiger partial charge in [-0.1, -0.05) is 0 Å². The maximum Gasteiger partial charge on any atom is 0.253 e. The normalized spacial score (nSPS) is 24.5. The first-order chi connectivity index (χ1) is 11.5. The van der Waals surface area contributed by atoms with Crippen LogP contribution in [0.4, 0.5) is 0 Å². The largest absolute Gasteiger partial charge is 0.395 e. The summed E-state index contributed by atoms with van der Waals surface area (Å²) >= 11 is 0. The van der Waals surface area contributed by atoms with Crippen molar-refractivity contribution in [3.63, 3.8) is 0 Å². The van der Waals surface area contributed by atoms with Crippen LogP contribution in [0.3, 0.4) is 0 Å². The molecule has 3 rings (SSSR count). The average Bonchev–Trinajstić information content (AvgIpc) is 3.30. The quantitative estimate of drug-likeness (QED) is 0.705. The fourth-order valence-electron chi connectivity index (χ4n) is 3.78. The number of aliphatic hydroxyl groups is 2. The molecular formula is C18H27N3O3. The molecule has 1 saturated carbocycles. The molecule has 1 aromatic rings. The minimum atomic E-state index is -0.240. The Morgan fingerprint density at radius 2 is 2.04 bits per heavy atom. The number of rotatable bonds is 6. The first-order valence-corrected chi connectivity index (χ1v) is 8.73. The van der Waals surface area contributed by atoms with Crippen LogP contribution in [0.1, 0.15) is 34.5 Å².